The molecule has 0 amide bonds. The number of aromatic hydroxyl groups is 1. The van der Waals surface area contributed by atoms with Crippen molar-refractivity contribution in [1.29, 1.82) is 0 Å². The van der Waals surface area contributed by atoms with Crippen LogP contribution in [-0.4, -0.2) is 16.1 Å². The summed E-state index contributed by atoms with van der Waals surface area (Å²) in [6.07, 6.45) is 2.91. The third kappa shape index (κ3) is 2.01. The van der Waals surface area contributed by atoms with Crippen LogP contribution in [-0.2, 0) is 0 Å². The van der Waals surface area contributed by atoms with Gasteiger partial charge >= 0.3 is 0 Å². The summed E-state index contributed by atoms with van der Waals surface area (Å²) < 4.78 is 0. The molecule has 0 aliphatic heterocycles. The van der Waals surface area contributed by atoms with Crippen molar-refractivity contribution in [2.75, 3.05) is 0 Å². The Morgan fingerprint density at radius 2 is 1.71 bits per heavy atom. The fraction of sp³-hybridized carbons (Fsp3) is 0.214. The minimum absolute atomic E-state index is 0.280. The Bertz CT molecular complexity index is 519. The third-order valence-corrected chi connectivity index (χ3v) is 3.21. The van der Waals surface area contributed by atoms with E-state index in [-0.39, 0.29) is 5.75 Å². The highest BCUT2D eigenvalue weighted by Crippen LogP contribution is 2.38. The molecule has 1 fully saturated rings. The van der Waals surface area contributed by atoms with Gasteiger partial charge in [0, 0.05) is 29.4 Å². The minimum Gasteiger partial charge on any atom is -0.508 e. The lowest BCUT2D eigenvalue weighted by atomic mass is 10.1. The molecule has 3 rings (SSSR count). The van der Waals surface area contributed by atoms with E-state index in [1.807, 2.05) is 24.4 Å². The van der Waals surface area contributed by atoms with Gasteiger partial charge in [0.05, 0.1) is 0 Å². The van der Waals surface area contributed by atoms with Gasteiger partial charge in [0.15, 0.2) is 0 Å². The molecule has 1 saturated carbocycles. The number of phenolic OH excluding ortho intramolecular Hbond substituents is 1. The zero-order valence-corrected chi connectivity index (χ0v) is 9.38. The number of benzene rings is 1. The molecular weight excluding hydrogens is 212 g/mol. The zero-order valence-electron chi connectivity index (χ0n) is 9.38. The van der Waals surface area contributed by atoms with Gasteiger partial charge in [0.2, 0.25) is 0 Å². The maximum Gasteiger partial charge on any atom is 0.115 e. The Kier molecular flexibility index (Phi) is 2.34. The van der Waals surface area contributed by atoms with Gasteiger partial charge < -0.3 is 10.8 Å². The first kappa shape index (κ1) is 10.3. The summed E-state index contributed by atoms with van der Waals surface area (Å²) in [7, 11) is 0. The minimum atomic E-state index is 0.280. The molecule has 1 aromatic carbocycles. The van der Waals surface area contributed by atoms with Crippen LogP contribution in [0.25, 0.3) is 11.1 Å². The normalized spacial score (nSPS) is 22.4. The molecule has 0 saturated heterocycles. The second kappa shape index (κ2) is 3.86. The molecule has 2 aromatic rings. The largest absolute Gasteiger partial charge is 0.508 e. The number of nitrogens with two attached hydrogens (primary N) is 1. The van der Waals surface area contributed by atoms with Crippen LogP contribution >= 0.6 is 0 Å². The second-order valence-electron chi connectivity index (χ2n) is 4.52. The Morgan fingerprint density at radius 1 is 1.06 bits per heavy atom. The quantitative estimate of drug-likeness (QED) is 0.825. The van der Waals surface area contributed by atoms with Crippen LogP contribution in [0.4, 0.5) is 0 Å². The Morgan fingerprint density at radius 3 is 2.24 bits per heavy atom. The third-order valence-electron chi connectivity index (χ3n) is 3.21. The van der Waals surface area contributed by atoms with Crippen molar-refractivity contribution >= 4 is 0 Å². The van der Waals surface area contributed by atoms with Gasteiger partial charge in [-0.2, -0.15) is 0 Å². The van der Waals surface area contributed by atoms with Crippen molar-refractivity contribution in [3.63, 3.8) is 0 Å². The lowest BCUT2D eigenvalue weighted by molar-refractivity contribution is 0.475. The van der Waals surface area contributed by atoms with Gasteiger partial charge in [-0.15, -0.1) is 0 Å². The Hall–Kier alpha value is -1.87. The van der Waals surface area contributed by atoms with Gasteiger partial charge in [0.25, 0.3) is 0 Å². The molecule has 0 unspecified atom stereocenters. The van der Waals surface area contributed by atoms with Crippen LogP contribution in [0.5, 0.6) is 5.75 Å². The van der Waals surface area contributed by atoms with Crippen molar-refractivity contribution < 1.29 is 5.11 Å². The highest BCUT2D eigenvalue weighted by Gasteiger charge is 2.35. The smallest absolute Gasteiger partial charge is 0.115 e. The Balaban J connectivity index is 1.86. The maximum atomic E-state index is 9.23. The van der Waals surface area contributed by atoms with E-state index < -0.39 is 0 Å². The first-order valence-electron chi connectivity index (χ1n) is 5.75. The Labute approximate surface area is 99.9 Å². The summed E-state index contributed by atoms with van der Waals surface area (Å²) in [5, 5.41) is 9.23. The number of aromatic nitrogens is 1. The van der Waals surface area contributed by atoms with Gasteiger partial charge in [0.1, 0.15) is 5.75 Å². The van der Waals surface area contributed by atoms with Crippen LogP contribution in [0.15, 0.2) is 42.6 Å². The first-order chi connectivity index (χ1) is 8.24. The van der Waals surface area contributed by atoms with E-state index >= 15 is 0 Å². The summed E-state index contributed by atoms with van der Waals surface area (Å²) in [6, 6.07) is 11.5. The van der Waals surface area contributed by atoms with Crippen molar-refractivity contribution in [3.05, 3.63) is 48.3 Å². The molecule has 86 valence electrons. The van der Waals surface area contributed by atoms with Crippen LogP contribution in [0.3, 0.4) is 0 Å². The molecule has 3 nitrogen and oxygen atoms in total. The molecule has 1 aliphatic rings. The SMILES string of the molecule is N[C@@H]1C[C@@H]1c1ccc(-c2ccc(O)cc2)cn1. The molecule has 1 aromatic heterocycles. The molecular formula is C14H14N2O. The van der Waals surface area contributed by atoms with Crippen LogP contribution in [0.2, 0.25) is 0 Å². The maximum absolute atomic E-state index is 9.23. The summed E-state index contributed by atoms with van der Waals surface area (Å²) in [4.78, 5) is 4.45. The van der Waals surface area contributed by atoms with Gasteiger partial charge in [-0.1, -0.05) is 18.2 Å². The van der Waals surface area contributed by atoms with Crippen LogP contribution in [0, 0.1) is 0 Å². The molecule has 1 aliphatic carbocycles. The number of phenols is 1. The summed E-state index contributed by atoms with van der Waals surface area (Å²) >= 11 is 0. The van der Waals surface area contributed by atoms with Gasteiger partial charge in [-0.05, 0) is 30.2 Å². The van der Waals surface area contributed by atoms with E-state index in [9.17, 15) is 5.11 Å². The highest BCUT2D eigenvalue weighted by molar-refractivity contribution is 5.63. The molecule has 2 atom stereocenters. The average Bonchev–Trinajstić information content (AvgIpc) is 3.08. The van der Waals surface area contributed by atoms with E-state index in [2.05, 4.69) is 11.1 Å². The second-order valence-corrected chi connectivity index (χ2v) is 4.52. The fourth-order valence-corrected chi connectivity index (χ4v) is 2.00. The number of hydrogen-bond acceptors (Lipinski definition) is 3. The number of hydrogen-bond donors (Lipinski definition) is 2. The van der Waals surface area contributed by atoms with E-state index in [1.54, 1.807) is 12.1 Å². The lowest BCUT2D eigenvalue weighted by Crippen LogP contribution is -2.01. The zero-order chi connectivity index (χ0) is 11.8. The molecule has 1 heterocycles. The highest BCUT2D eigenvalue weighted by atomic mass is 16.3. The predicted octanol–water partition coefficient (Wildman–Crippen LogP) is 2.27. The van der Waals surface area contributed by atoms with E-state index in [1.165, 1.54) is 0 Å². The van der Waals surface area contributed by atoms with Crippen LogP contribution in [0.1, 0.15) is 18.0 Å². The summed E-state index contributed by atoms with van der Waals surface area (Å²) in [5.41, 5.74) is 9.00. The average molecular weight is 226 g/mol. The number of rotatable bonds is 2. The molecule has 0 spiro atoms. The van der Waals surface area contributed by atoms with Crippen molar-refractivity contribution in [1.82, 2.24) is 4.98 Å². The predicted molar refractivity (Wildman–Crippen MR) is 66.7 cm³/mol. The van der Waals surface area contributed by atoms with Crippen LogP contribution < -0.4 is 5.73 Å². The molecule has 3 heteroatoms. The monoisotopic (exact) mass is 226 g/mol. The number of pyridine rings is 1. The molecule has 0 radical (unpaired) electrons. The lowest BCUT2D eigenvalue weighted by Gasteiger charge is -2.03. The first-order valence-corrected chi connectivity index (χ1v) is 5.75. The van der Waals surface area contributed by atoms with Gasteiger partial charge in [-0.3, -0.25) is 4.98 Å². The summed E-state index contributed by atoms with van der Waals surface area (Å²) in [5.74, 6) is 0.728. The topological polar surface area (TPSA) is 59.1 Å². The molecule has 0 bridgehead atoms. The van der Waals surface area contributed by atoms with E-state index in [4.69, 9.17) is 5.73 Å². The molecule has 3 N–H and O–H groups in total. The van der Waals surface area contributed by atoms with Crippen molar-refractivity contribution in [3.8, 4) is 16.9 Å². The number of nitrogens with zero attached hydrogens (tertiary/aromatic N) is 1. The van der Waals surface area contributed by atoms with E-state index in [0.29, 0.717) is 12.0 Å². The van der Waals surface area contributed by atoms with Crippen molar-refractivity contribution in [2.24, 2.45) is 5.73 Å². The van der Waals surface area contributed by atoms with Crippen molar-refractivity contribution in [2.45, 2.75) is 18.4 Å². The van der Waals surface area contributed by atoms with E-state index in [0.717, 1.165) is 23.2 Å². The molecule has 17 heavy (non-hydrogen) atoms. The summed E-state index contributed by atoms with van der Waals surface area (Å²) in [6.45, 7) is 0. The fourth-order valence-electron chi connectivity index (χ4n) is 2.00. The standard InChI is InChI=1S/C14H14N2O/c15-13-7-12(13)14-6-3-10(8-16-14)9-1-4-11(17)5-2-9/h1-6,8,12-13,17H,7,15H2/t12-,13+/m0/s1. The van der Waals surface area contributed by atoms with Gasteiger partial charge in [-0.25, -0.2) is 0 Å².